The summed E-state index contributed by atoms with van der Waals surface area (Å²) in [6.45, 7) is 0.663. The normalized spacial score (nSPS) is 10.3. The summed E-state index contributed by atoms with van der Waals surface area (Å²) < 4.78 is 6.11. The second kappa shape index (κ2) is 7.26. The molecule has 0 unspecified atom stereocenters. The predicted molar refractivity (Wildman–Crippen MR) is 88.9 cm³/mol. The number of hydrogen-bond acceptors (Lipinski definition) is 4. The zero-order valence-corrected chi connectivity index (χ0v) is 14.0. The lowest BCUT2D eigenvalue weighted by Crippen LogP contribution is -2.23. The molecule has 2 aromatic rings. The van der Waals surface area contributed by atoms with Gasteiger partial charge in [-0.15, -0.1) is 0 Å². The van der Waals surface area contributed by atoms with Crippen molar-refractivity contribution >= 4 is 27.7 Å². The molecule has 1 N–H and O–H groups in total. The van der Waals surface area contributed by atoms with Gasteiger partial charge in [0.1, 0.15) is 17.1 Å². The number of carbonyl (C=O) groups is 1. The van der Waals surface area contributed by atoms with Crippen molar-refractivity contribution in [3.05, 3.63) is 52.1 Å². The third-order valence-corrected chi connectivity index (χ3v) is 3.95. The molecule has 0 saturated carbocycles. The van der Waals surface area contributed by atoms with E-state index in [2.05, 4.69) is 20.9 Å². The van der Waals surface area contributed by atoms with E-state index in [1.807, 2.05) is 30.1 Å². The molecule has 0 bridgehead atoms. The van der Waals surface area contributed by atoms with Gasteiger partial charge in [0.25, 0.3) is 0 Å². The van der Waals surface area contributed by atoms with Crippen molar-refractivity contribution in [3.63, 3.8) is 0 Å². The van der Waals surface area contributed by atoms with Gasteiger partial charge in [0, 0.05) is 19.8 Å². The summed E-state index contributed by atoms with van der Waals surface area (Å²) >= 11 is 3.46. The fourth-order valence-corrected chi connectivity index (χ4v) is 2.72. The number of aromatic nitrogens is 1. The molecule has 1 aromatic heterocycles. The van der Waals surface area contributed by atoms with Crippen molar-refractivity contribution in [2.75, 3.05) is 25.6 Å². The van der Waals surface area contributed by atoms with Crippen LogP contribution in [0.4, 0.5) is 5.82 Å². The van der Waals surface area contributed by atoms with Gasteiger partial charge in [0.15, 0.2) is 0 Å². The Labute approximate surface area is 137 Å². The first-order valence-corrected chi connectivity index (χ1v) is 7.54. The molecule has 1 aromatic carbocycles. The zero-order valence-electron chi connectivity index (χ0n) is 12.4. The molecule has 0 spiro atoms. The maximum Gasteiger partial charge on any atom is 0.339 e. The SMILES string of the molecule is COc1ccc(CCN(C)c2ncccc2C(=O)O)cc1Br. The first-order valence-electron chi connectivity index (χ1n) is 6.74. The number of halogens is 1. The van der Waals surface area contributed by atoms with Crippen LogP contribution in [0.1, 0.15) is 15.9 Å². The number of ether oxygens (including phenoxy) is 1. The zero-order chi connectivity index (χ0) is 16.1. The van der Waals surface area contributed by atoms with E-state index in [1.54, 1.807) is 25.4 Å². The van der Waals surface area contributed by atoms with Crippen LogP contribution in [0.25, 0.3) is 0 Å². The lowest BCUT2D eigenvalue weighted by Gasteiger charge is -2.20. The van der Waals surface area contributed by atoms with Crippen LogP contribution >= 0.6 is 15.9 Å². The molecule has 0 aliphatic carbocycles. The maximum atomic E-state index is 11.2. The average molecular weight is 365 g/mol. The van der Waals surface area contributed by atoms with Gasteiger partial charge in [-0.3, -0.25) is 0 Å². The third kappa shape index (κ3) is 3.76. The van der Waals surface area contributed by atoms with Crippen molar-refractivity contribution in [1.82, 2.24) is 4.98 Å². The van der Waals surface area contributed by atoms with Crippen LogP contribution in [0.3, 0.4) is 0 Å². The highest BCUT2D eigenvalue weighted by Gasteiger charge is 2.14. The molecular weight excluding hydrogens is 348 g/mol. The fraction of sp³-hybridized carbons (Fsp3) is 0.250. The number of aromatic carboxylic acids is 1. The summed E-state index contributed by atoms with van der Waals surface area (Å²) in [5.41, 5.74) is 1.34. The van der Waals surface area contributed by atoms with E-state index in [-0.39, 0.29) is 5.56 Å². The molecule has 5 nitrogen and oxygen atoms in total. The molecule has 2 rings (SSSR count). The Morgan fingerprint density at radius 3 is 2.82 bits per heavy atom. The summed E-state index contributed by atoms with van der Waals surface area (Å²) in [7, 11) is 3.47. The van der Waals surface area contributed by atoms with Crippen LogP contribution < -0.4 is 9.64 Å². The molecule has 6 heteroatoms. The van der Waals surface area contributed by atoms with Crippen molar-refractivity contribution in [1.29, 1.82) is 0 Å². The van der Waals surface area contributed by atoms with Gasteiger partial charge in [-0.25, -0.2) is 9.78 Å². The van der Waals surface area contributed by atoms with E-state index < -0.39 is 5.97 Å². The quantitative estimate of drug-likeness (QED) is 0.852. The summed E-state index contributed by atoms with van der Waals surface area (Å²) in [5.74, 6) is 0.291. The van der Waals surface area contributed by atoms with Crippen LogP contribution in [0.2, 0.25) is 0 Å². The number of anilines is 1. The Bertz CT molecular complexity index is 676. The molecule has 0 saturated heterocycles. The molecule has 0 fully saturated rings. The molecule has 22 heavy (non-hydrogen) atoms. The highest BCUT2D eigenvalue weighted by atomic mass is 79.9. The summed E-state index contributed by atoms with van der Waals surface area (Å²) in [6.07, 6.45) is 2.37. The number of nitrogens with zero attached hydrogens (tertiary/aromatic N) is 2. The Balaban J connectivity index is 2.08. The molecular formula is C16H17BrN2O3. The van der Waals surface area contributed by atoms with Gasteiger partial charge in [0.05, 0.1) is 11.6 Å². The molecule has 0 amide bonds. The number of carboxylic acid groups (broad SMARTS) is 1. The molecule has 116 valence electrons. The van der Waals surface area contributed by atoms with E-state index in [0.717, 1.165) is 22.2 Å². The largest absolute Gasteiger partial charge is 0.496 e. The van der Waals surface area contributed by atoms with E-state index in [4.69, 9.17) is 4.74 Å². The van der Waals surface area contributed by atoms with Crippen LogP contribution in [0, 0.1) is 0 Å². The molecule has 0 radical (unpaired) electrons. The predicted octanol–water partition coefficient (Wildman–Crippen LogP) is 3.23. The van der Waals surface area contributed by atoms with Crippen LogP contribution in [0.5, 0.6) is 5.75 Å². The van der Waals surface area contributed by atoms with Crippen molar-refractivity contribution < 1.29 is 14.6 Å². The smallest absolute Gasteiger partial charge is 0.339 e. The molecule has 1 heterocycles. The minimum atomic E-state index is -0.970. The van der Waals surface area contributed by atoms with Crippen LogP contribution in [-0.4, -0.2) is 36.8 Å². The second-order valence-corrected chi connectivity index (χ2v) is 5.67. The minimum Gasteiger partial charge on any atom is -0.496 e. The third-order valence-electron chi connectivity index (χ3n) is 3.33. The van der Waals surface area contributed by atoms with Crippen molar-refractivity contribution in [2.24, 2.45) is 0 Å². The maximum absolute atomic E-state index is 11.2. The minimum absolute atomic E-state index is 0.209. The standard InChI is InChI=1S/C16H17BrN2O3/c1-19(15-12(16(20)21)4-3-8-18-15)9-7-11-5-6-14(22-2)13(17)10-11/h3-6,8,10H,7,9H2,1-2H3,(H,20,21). The number of hydrogen-bond donors (Lipinski definition) is 1. The van der Waals surface area contributed by atoms with Crippen molar-refractivity contribution in [3.8, 4) is 5.75 Å². The number of benzene rings is 1. The topological polar surface area (TPSA) is 62.7 Å². The second-order valence-electron chi connectivity index (χ2n) is 4.82. The summed E-state index contributed by atoms with van der Waals surface area (Å²) in [4.78, 5) is 17.3. The lowest BCUT2D eigenvalue weighted by atomic mass is 10.1. The Morgan fingerprint density at radius 2 is 2.18 bits per heavy atom. The summed E-state index contributed by atoms with van der Waals surface area (Å²) in [5, 5.41) is 9.21. The first-order chi connectivity index (χ1) is 10.5. The highest BCUT2D eigenvalue weighted by molar-refractivity contribution is 9.10. The fourth-order valence-electron chi connectivity index (χ4n) is 2.14. The number of likely N-dealkylation sites (N-methyl/N-ethyl adjacent to an activating group) is 1. The number of rotatable bonds is 6. The van der Waals surface area contributed by atoms with E-state index in [0.29, 0.717) is 12.4 Å². The van der Waals surface area contributed by atoms with Crippen molar-refractivity contribution in [2.45, 2.75) is 6.42 Å². The van der Waals surface area contributed by atoms with Gasteiger partial charge in [-0.1, -0.05) is 6.07 Å². The average Bonchev–Trinajstić information content (AvgIpc) is 2.52. The van der Waals surface area contributed by atoms with Crippen LogP contribution in [0.15, 0.2) is 41.0 Å². The van der Waals surface area contributed by atoms with Gasteiger partial charge in [-0.05, 0) is 52.2 Å². The number of methoxy groups -OCH3 is 1. The monoisotopic (exact) mass is 364 g/mol. The van der Waals surface area contributed by atoms with Gasteiger partial charge in [-0.2, -0.15) is 0 Å². The molecule has 0 aliphatic rings. The van der Waals surface area contributed by atoms with E-state index >= 15 is 0 Å². The Kier molecular flexibility index (Phi) is 5.38. The van der Waals surface area contributed by atoms with Gasteiger partial charge >= 0.3 is 5.97 Å². The van der Waals surface area contributed by atoms with Gasteiger partial charge < -0.3 is 14.7 Å². The number of pyridine rings is 1. The lowest BCUT2D eigenvalue weighted by molar-refractivity contribution is 0.0697. The Hall–Kier alpha value is -2.08. The van der Waals surface area contributed by atoms with Crippen LogP contribution in [-0.2, 0) is 6.42 Å². The van der Waals surface area contributed by atoms with E-state index in [1.165, 1.54) is 0 Å². The summed E-state index contributed by atoms with van der Waals surface area (Å²) in [6, 6.07) is 9.09. The highest BCUT2D eigenvalue weighted by Crippen LogP contribution is 2.26. The molecule has 0 atom stereocenters. The molecule has 0 aliphatic heterocycles. The first kappa shape index (κ1) is 16.3. The Morgan fingerprint density at radius 1 is 1.41 bits per heavy atom. The number of carboxylic acids is 1. The van der Waals surface area contributed by atoms with Gasteiger partial charge in [0.2, 0.25) is 0 Å². The van der Waals surface area contributed by atoms with E-state index in [9.17, 15) is 9.90 Å².